The van der Waals surface area contributed by atoms with Crippen LogP contribution in [0.25, 0.3) is 0 Å². The van der Waals surface area contributed by atoms with Gasteiger partial charge in [-0.2, -0.15) is 13.2 Å². The number of hydrogen-bond acceptors (Lipinski definition) is 2. The van der Waals surface area contributed by atoms with Crippen LogP contribution in [0.2, 0.25) is 0 Å². The first-order chi connectivity index (χ1) is 5.25. The summed E-state index contributed by atoms with van der Waals surface area (Å²) in [4.78, 5) is 10.1. The third-order valence-corrected chi connectivity index (χ3v) is 1.22. The standard InChI is InChI=1S/C6H9F3O3/c1-3(5(10)11)12-4(2)6(7,8)9/h3-4H,1-2H3,(H,10,11)/t3-,4+/m1/s1. The highest BCUT2D eigenvalue weighted by molar-refractivity contribution is 5.71. The van der Waals surface area contributed by atoms with Gasteiger partial charge in [-0.25, -0.2) is 4.79 Å². The van der Waals surface area contributed by atoms with Gasteiger partial charge in [-0.3, -0.25) is 0 Å². The van der Waals surface area contributed by atoms with Crippen molar-refractivity contribution in [1.29, 1.82) is 0 Å². The molecule has 0 aliphatic rings. The Morgan fingerprint density at radius 3 is 2.08 bits per heavy atom. The number of alkyl halides is 3. The van der Waals surface area contributed by atoms with Crippen LogP contribution in [0.3, 0.4) is 0 Å². The second-order valence-corrected chi connectivity index (χ2v) is 2.30. The Morgan fingerprint density at radius 1 is 1.42 bits per heavy atom. The molecule has 0 aromatic rings. The predicted molar refractivity (Wildman–Crippen MR) is 33.7 cm³/mol. The van der Waals surface area contributed by atoms with Gasteiger partial charge in [0.15, 0.2) is 12.2 Å². The number of carboxylic acids is 1. The van der Waals surface area contributed by atoms with Crippen LogP contribution in [0.5, 0.6) is 0 Å². The quantitative estimate of drug-likeness (QED) is 0.725. The summed E-state index contributed by atoms with van der Waals surface area (Å²) in [6.45, 7) is 1.81. The van der Waals surface area contributed by atoms with Crippen LogP contribution in [0, 0.1) is 0 Å². The van der Waals surface area contributed by atoms with E-state index in [0.29, 0.717) is 0 Å². The molecule has 0 aliphatic heterocycles. The van der Waals surface area contributed by atoms with Crippen LogP contribution < -0.4 is 0 Å². The number of carbonyl (C=O) groups is 1. The minimum atomic E-state index is -4.51. The lowest BCUT2D eigenvalue weighted by Crippen LogP contribution is -2.34. The van der Waals surface area contributed by atoms with Crippen molar-refractivity contribution in [3.05, 3.63) is 0 Å². The first-order valence-corrected chi connectivity index (χ1v) is 3.20. The number of hydrogen-bond donors (Lipinski definition) is 1. The fraction of sp³-hybridized carbons (Fsp3) is 0.833. The van der Waals surface area contributed by atoms with Crippen molar-refractivity contribution in [2.75, 3.05) is 0 Å². The van der Waals surface area contributed by atoms with Gasteiger partial charge in [0.05, 0.1) is 0 Å². The Hall–Kier alpha value is -0.780. The molecule has 0 amide bonds. The number of carboxylic acid groups (broad SMARTS) is 1. The van der Waals surface area contributed by atoms with E-state index in [0.717, 1.165) is 13.8 Å². The summed E-state index contributed by atoms with van der Waals surface area (Å²) in [6, 6.07) is 0. The maximum absolute atomic E-state index is 11.8. The highest BCUT2D eigenvalue weighted by Crippen LogP contribution is 2.23. The first kappa shape index (κ1) is 11.2. The molecule has 0 unspecified atom stereocenters. The molecule has 12 heavy (non-hydrogen) atoms. The van der Waals surface area contributed by atoms with Crippen LogP contribution in [0.4, 0.5) is 13.2 Å². The maximum Gasteiger partial charge on any atom is 0.414 e. The summed E-state index contributed by atoms with van der Waals surface area (Å²) in [5.41, 5.74) is 0. The molecule has 1 N–H and O–H groups in total. The molecule has 0 fully saturated rings. The monoisotopic (exact) mass is 186 g/mol. The molecule has 6 heteroatoms. The average molecular weight is 186 g/mol. The van der Waals surface area contributed by atoms with Crippen molar-refractivity contribution >= 4 is 5.97 Å². The summed E-state index contributed by atoms with van der Waals surface area (Å²) >= 11 is 0. The molecular weight excluding hydrogens is 177 g/mol. The van der Waals surface area contributed by atoms with Gasteiger partial charge in [0, 0.05) is 0 Å². The fourth-order valence-corrected chi connectivity index (χ4v) is 0.442. The fourth-order valence-electron chi connectivity index (χ4n) is 0.442. The molecule has 0 radical (unpaired) electrons. The van der Waals surface area contributed by atoms with Crippen LogP contribution in [-0.4, -0.2) is 29.5 Å². The SMILES string of the molecule is C[C@H](O[C@H](C)C(=O)O)C(F)(F)F. The van der Waals surface area contributed by atoms with Crippen molar-refractivity contribution < 1.29 is 27.8 Å². The van der Waals surface area contributed by atoms with Gasteiger partial charge in [-0.05, 0) is 13.8 Å². The molecule has 0 aromatic heterocycles. The van der Waals surface area contributed by atoms with Crippen LogP contribution in [0.15, 0.2) is 0 Å². The Morgan fingerprint density at radius 2 is 1.83 bits per heavy atom. The summed E-state index contributed by atoms with van der Waals surface area (Å²) in [5.74, 6) is -1.41. The van der Waals surface area contributed by atoms with Crippen molar-refractivity contribution in [3.8, 4) is 0 Å². The topological polar surface area (TPSA) is 46.5 Å². The number of ether oxygens (including phenoxy) is 1. The van der Waals surface area contributed by atoms with Crippen LogP contribution >= 0.6 is 0 Å². The van der Waals surface area contributed by atoms with E-state index >= 15 is 0 Å². The highest BCUT2D eigenvalue weighted by atomic mass is 19.4. The zero-order valence-electron chi connectivity index (χ0n) is 6.55. The van der Waals surface area contributed by atoms with Gasteiger partial charge >= 0.3 is 12.1 Å². The Balaban J connectivity index is 4.01. The minimum Gasteiger partial charge on any atom is -0.479 e. The Labute approximate surface area is 67.1 Å². The molecular formula is C6H9F3O3. The summed E-state index contributed by atoms with van der Waals surface area (Å²) in [7, 11) is 0. The zero-order valence-corrected chi connectivity index (χ0v) is 6.55. The lowest BCUT2D eigenvalue weighted by atomic mass is 10.3. The zero-order chi connectivity index (χ0) is 9.94. The molecule has 72 valence electrons. The van der Waals surface area contributed by atoms with E-state index < -0.39 is 24.4 Å². The van der Waals surface area contributed by atoms with Gasteiger partial charge in [-0.15, -0.1) is 0 Å². The summed E-state index contributed by atoms with van der Waals surface area (Å²) in [6.07, 6.45) is -8.01. The molecule has 0 saturated heterocycles. The van der Waals surface area contributed by atoms with Gasteiger partial charge in [-0.1, -0.05) is 0 Å². The molecule has 2 atom stereocenters. The predicted octanol–water partition coefficient (Wildman–Crippen LogP) is 1.43. The van der Waals surface area contributed by atoms with Crippen molar-refractivity contribution in [2.45, 2.75) is 32.2 Å². The second kappa shape index (κ2) is 3.75. The van der Waals surface area contributed by atoms with Gasteiger partial charge in [0.25, 0.3) is 0 Å². The molecule has 0 aromatic carbocycles. The van der Waals surface area contributed by atoms with E-state index in [2.05, 4.69) is 4.74 Å². The van der Waals surface area contributed by atoms with Gasteiger partial charge in [0.2, 0.25) is 0 Å². The normalized spacial score (nSPS) is 17.1. The number of aliphatic carboxylic acids is 1. The molecule has 0 spiro atoms. The molecule has 3 nitrogen and oxygen atoms in total. The lowest BCUT2D eigenvalue weighted by molar-refractivity contribution is -0.226. The maximum atomic E-state index is 11.8. The number of halogens is 3. The summed E-state index contributed by atoms with van der Waals surface area (Å²) in [5, 5.41) is 8.20. The minimum absolute atomic E-state index is 0.763. The second-order valence-electron chi connectivity index (χ2n) is 2.30. The van der Waals surface area contributed by atoms with E-state index in [1.165, 1.54) is 0 Å². The van der Waals surface area contributed by atoms with E-state index in [4.69, 9.17) is 5.11 Å². The van der Waals surface area contributed by atoms with Gasteiger partial charge < -0.3 is 9.84 Å². The smallest absolute Gasteiger partial charge is 0.414 e. The third-order valence-electron chi connectivity index (χ3n) is 1.22. The van der Waals surface area contributed by atoms with Crippen LogP contribution in [0.1, 0.15) is 13.8 Å². The molecule has 0 saturated carbocycles. The van der Waals surface area contributed by atoms with E-state index in [-0.39, 0.29) is 0 Å². The van der Waals surface area contributed by atoms with E-state index in [1.807, 2.05) is 0 Å². The largest absolute Gasteiger partial charge is 0.479 e. The molecule has 0 aliphatic carbocycles. The van der Waals surface area contributed by atoms with E-state index in [9.17, 15) is 18.0 Å². The van der Waals surface area contributed by atoms with Gasteiger partial charge in [0.1, 0.15) is 0 Å². The molecule has 0 bridgehead atoms. The van der Waals surface area contributed by atoms with Crippen molar-refractivity contribution in [3.63, 3.8) is 0 Å². The third kappa shape index (κ3) is 3.56. The van der Waals surface area contributed by atoms with Crippen LogP contribution in [-0.2, 0) is 9.53 Å². The van der Waals surface area contributed by atoms with Crippen molar-refractivity contribution in [2.24, 2.45) is 0 Å². The molecule has 0 heterocycles. The van der Waals surface area contributed by atoms with E-state index in [1.54, 1.807) is 0 Å². The van der Waals surface area contributed by atoms with Crippen molar-refractivity contribution in [1.82, 2.24) is 0 Å². The number of rotatable bonds is 3. The highest BCUT2D eigenvalue weighted by Gasteiger charge is 2.38. The average Bonchev–Trinajstić information content (AvgIpc) is 1.85. The first-order valence-electron chi connectivity index (χ1n) is 3.20. The Kier molecular flexibility index (Phi) is 3.51. The molecule has 0 rings (SSSR count). The Bertz CT molecular complexity index is 166. The lowest BCUT2D eigenvalue weighted by Gasteiger charge is -2.18. The summed E-state index contributed by atoms with van der Waals surface area (Å²) < 4.78 is 39.4.